The molecule has 31 heavy (non-hydrogen) atoms. The zero-order chi connectivity index (χ0) is 22.3. The van der Waals surface area contributed by atoms with Crippen molar-refractivity contribution >= 4 is 28.8 Å². The predicted molar refractivity (Wildman–Crippen MR) is 121 cm³/mol. The Hall–Kier alpha value is -3.73. The lowest BCUT2D eigenvalue weighted by Crippen LogP contribution is -2.33. The van der Waals surface area contributed by atoms with E-state index in [0.717, 1.165) is 22.3 Å². The van der Waals surface area contributed by atoms with Gasteiger partial charge in [0.05, 0.1) is 11.3 Å². The number of nitrogens with one attached hydrogen (secondary N) is 1. The molecule has 156 valence electrons. The quantitative estimate of drug-likeness (QED) is 0.577. The second kappa shape index (κ2) is 7.84. The standard InChI is InChI=1S/C26H23FN2O2/c1-15-5-11-21(17(3)13-15)23-24(28-20-9-7-19(27)8-10-20)26(31)29(25(23)30)22-12-6-16(2)14-18(22)4/h5-14,28H,1-4H3. The van der Waals surface area contributed by atoms with Crippen LogP contribution in [-0.2, 0) is 9.59 Å². The summed E-state index contributed by atoms with van der Waals surface area (Å²) in [7, 11) is 0. The molecule has 0 fully saturated rings. The fourth-order valence-electron chi connectivity index (χ4n) is 3.94. The summed E-state index contributed by atoms with van der Waals surface area (Å²) >= 11 is 0. The van der Waals surface area contributed by atoms with Crippen LogP contribution in [-0.4, -0.2) is 11.8 Å². The minimum absolute atomic E-state index is 0.184. The van der Waals surface area contributed by atoms with Crippen LogP contribution in [0.2, 0.25) is 0 Å². The molecule has 0 unspecified atom stereocenters. The van der Waals surface area contributed by atoms with Crippen molar-refractivity contribution in [2.45, 2.75) is 27.7 Å². The molecule has 0 saturated heterocycles. The van der Waals surface area contributed by atoms with Gasteiger partial charge in [0.1, 0.15) is 11.5 Å². The van der Waals surface area contributed by atoms with Gasteiger partial charge < -0.3 is 5.32 Å². The lowest BCUT2D eigenvalue weighted by molar-refractivity contribution is -0.120. The van der Waals surface area contributed by atoms with E-state index in [0.29, 0.717) is 22.5 Å². The number of imide groups is 1. The van der Waals surface area contributed by atoms with Crippen molar-refractivity contribution in [1.29, 1.82) is 0 Å². The SMILES string of the molecule is Cc1ccc(C2=C(Nc3ccc(F)cc3)C(=O)N(c3ccc(C)cc3C)C2=O)c(C)c1. The first kappa shape index (κ1) is 20.5. The Morgan fingerprint density at radius 1 is 0.742 bits per heavy atom. The minimum Gasteiger partial charge on any atom is -0.350 e. The molecule has 0 aromatic heterocycles. The monoisotopic (exact) mass is 414 g/mol. The Labute approximate surface area is 181 Å². The molecule has 1 N–H and O–H groups in total. The Kier molecular flexibility index (Phi) is 5.19. The second-order valence-corrected chi connectivity index (χ2v) is 7.94. The summed E-state index contributed by atoms with van der Waals surface area (Å²) in [5, 5.41) is 3.07. The van der Waals surface area contributed by atoms with Crippen LogP contribution in [0.5, 0.6) is 0 Å². The highest BCUT2D eigenvalue weighted by atomic mass is 19.1. The maximum Gasteiger partial charge on any atom is 0.282 e. The molecule has 1 aliphatic rings. The van der Waals surface area contributed by atoms with Crippen molar-refractivity contribution in [2.24, 2.45) is 0 Å². The number of hydrogen-bond donors (Lipinski definition) is 1. The van der Waals surface area contributed by atoms with Gasteiger partial charge in [-0.15, -0.1) is 0 Å². The summed E-state index contributed by atoms with van der Waals surface area (Å²) in [4.78, 5) is 28.3. The summed E-state index contributed by atoms with van der Waals surface area (Å²) in [5.74, 6) is -1.19. The van der Waals surface area contributed by atoms with E-state index < -0.39 is 5.91 Å². The van der Waals surface area contributed by atoms with Crippen molar-refractivity contribution in [2.75, 3.05) is 10.2 Å². The summed E-state index contributed by atoms with van der Waals surface area (Å²) < 4.78 is 13.4. The highest BCUT2D eigenvalue weighted by Gasteiger charge is 2.41. The molecule has 3 aromatic carbocycles. The number of halogens is 1. The maximum atomic E-state index is 13.6. The molecule has 3 aromatic rings. The van der Waals surface area contributed by atoms with Gasteiger partial charge in [-0.3, -0.25) is 9.59 Å². The van der Waals surface area contributed by atoms with Crippen LogP contribution in [0.15, 0.2) is 66.4 Å². The van der Waals surface area contributed by atoms with Crippen LogP contribution < -0.4 is 10.2 Å². The van der Waals surface area contributed by atoms with E-state index in [4.69, 9.17) is 0 Å². The van der Waals surface area contributed by atoms with Gasteiger partial charge in [0.2, 0.25) is 0 Å². The van der Waals surface area contributed by atoms with Gasteiger partial charge in [0.15, 0.2) is 0 Å². The molecule has 0 spiro atoms. The molecular weight excluding hydrogens is 391 g/mol. The molecular formula is C26H23FN2O2. The van der Waals surface area contributed by atoms with Gasteiger partial charge in [0.25, 0.3) is 11.8 Å². The number of benzene rings is 3. The lowest BCUT2D eigenvalue weighted by atomic mass is 9.97. The highest BCUT2D eigenvalue weighted by Crippen LogP contribution is 2.36. The van der Waals surface area contributed by atoms with Gasteiger partial charge >= 0.3 is 0 Å². The van der Waals surface area contributed by atoms with Crippen LogP contribution in [0, 0.1) is 33.5 Å². The van der Waals surface area contributed by atoms with Gasteiger partial charge in [-0.1, -0.05) is 41.5 Å². The number of nitrogens with zero attached hydrogens (tertiary/aromatic N) is 1. The van der Waals surface area contributed by atoms with Crippen molar-refractivity contribution in [1.82, 2.24) is 0 Å². The molecule has 0 saturated carbocycles. The van der Waals surface area contributed by atoms with Crippen LogP contribution in [0.25, 0.3) is 5.57 Å². The second-order valence-electron chi connectivity index (χ2n) is 7.94. The largest absolute Gasteiger partial charge is 0.350 e. The predicted octanol–water partition coefficient (Wildman–Crippen LogP) is 5.46. The summed E-state index contributed by atoms with van der Waals surface area (Å²) in [6.45, 7) is 7.74. The molecule has 1 heterocycles. The van der Waals surface area contributed by atoms with E-state index >= 15 is 0 Å². The molecule has 0 aliphatic carbocycles. The van der Waals surface area contributed by atoms with Crippen LogP contribution >= 0.6 is 0 Å². The van der Waals surface area contributed by atoms with E-state index in [1.54, 1.807) is 18.2 Å². The Morgan fingerprint density at radius 3 is 1.97 bits per heavy atom. The zero-order valence-electron chi connectivity index (χ0n) is 17.9. The molecule has 1 aliphatic heterocycles. The van der Waals surface area contributed by atoms with E-state index in [2.05, 4.69) is 5.32 Å². The molecule has 5 heteroatoms. The van der Waals surface area contributed by atoms with Crippen molar-refractivity contribution < 1.29 is 14.0 Å². The summed E-state index contributed by atoms with van der Waals surface area (Å²) in [5.41, 5.74) is 6.13. The number of anilines is 2. The normalized spacial score (nSPS) is 13.9. The van der Waals surface area contributed by atoms with Gasteiger partial charge in [-0.05, 0) is 74.7 Å². The molecule has 4 rings (SSSR count). The average molecular weight is 414 g/mol. The van der Waals surface area contributed by atoms with E-state index in [-0.39, 0.29) is 17.4 Å². The van der Waals surface area contributed by atoms with Crippen molar-refractivity contribution in [3.8, 4) is 0 Å². The first-order valence-electron chi connectivity index (χ1n) is 10.1. The highest BCUT2D eigenvalue weighted by molar-refractivity contribution is 6.46. The molecule has 0 radical (unpaired) electrons. The van der Waals surface area contributed by atoms with Gasteiger partial charge in [-0.2, -0.15) is 0 Å². The summed E-state index contributed by atoms with van der Waals surface area (Å²) in [6.07, 6.45) is 0. The number of amides is 2. The molecule has 4 nitrogen and oxygen atoms in total. The fraction of sp³-hybridized carbons (Fsp3) is 0.154. The van der Waals surface area contributed by atoms with Crippen LogP contribution in [0.3, 0.4) is 0 Å². The van der Waals surface area contributed by atoms with Gasteiger partial charge in [0, 0.05) is 5.69 Å². The third-order valence-corrected chi connectivity index (χ3v) is 5.44. The van der Waals surface area contributed by atoms with E-state index in [9.17, 15) is 14.0 Å². The number of hydrogen-bond acceptors (Lipinski definition) is 3. The van der Waals surface area contributed by atoms with Crippen LogP contribution in [0.4, 0.5) is 15.8 Å². The van der Waals surface area contributed by atoms with Crippen LogP contribution in [0.1, 0.15) is 27.8 Å². The van der Waals surface area contributed by atoms with E-state index in [1.807, 2.05) is 58.0 Å². The van der Waals surface area contributed by atoms with E-state index in [1.165, 1.54) is 17.0 Å². The molecule has 0 atom stereocenters. The van der Waals surface area contributed by atoms with Crippen molar-refractivity contribution in [3.63, 3.8) is 0 Å². The number of aryl methyl sites for hydroxylation is 4. The average Bonchev–Trinajstić information content (AvgIpc) is 2.94. The first-order chi connectivity index (χ1) is 14.8. The first-order valence-corrected chi connectivity index (χ1v) is 10.1. The minimum atomic E-state index is -0.434. The molecule has 0 bridgehead atoms. The fourth-order valence-corrected chi connectivity index (χ4v) is 3.94. The van der Waals surface area contributed by atoms with Crippen molar-refractivity contribution in [3.05, 3.63) is 100.0 Å². The van der Waals surface area contributed by atoms with Gasteiger partial charge in [-0.25, -0.2) is 9.29 Å². The number of carbonyl (C=O) groups excluding carboxylic acids is 2. The third-order valence-electron chi connectivity index (χ3n) is 5.44. The Balaban J connectivity index is 1.87. The Morgan fingerprint density at radius 2 is 1.35 bits per heavy atom. The number of rotatable bonds is 4. The zero-order valence-corrected chi connectivity index (χ0v) is 17.9. The summed E-state index contributed by atoms with van der Waals surface area (Å²) in [6, 6.07) is 17.1. The smallest absolute Gasteiger partial charge is 0.282 e. The third kappa shape index (κ3) is 3.75. The lowest BCUT2D eigenvalue weighted by Gasteiger charge is -2.18. The Bertz CT molecular complexity index is 1240. The maximum absolute atomic E-state index is 13.6. The topological polar surface area (TPSA) is 49.4 Å². The molecule has 2 amide bonds. The number of carbonyl (C=O) groups is 2.